The van der Waals surface area contributed by atoms with Crippen LogP contribution in [0.5, 0.6) is 0 Å². The summed E-state index contributed by atoms with van der Waals surface area (Å²) in [6.07, 6.45) is 0. The SMILES string of the molecule is Cc1cccc(-c2nnc(NC(=O)c3c(C)cccc3Cl)s2)c1. The van der Waals surface area contributed by atoms with E-state index in [0.717, 1.165) is 21.7 Å². The highest BCUT2D eigenvalue weighted by molar-refractivity contribution is 7.18. The normalized spacial score (nSPS) is 10.6. The highest BCUT2D eigenvalue weighted by atomic mass is 35.5. The van der Waals surface area contributed by atoms with E-state index in [4.69, 9.17) is 11.6 Å². The second-order valence-electron chi connectivity index (χ2n) is 5.17. The zero-order chi connectivity index (χ0) is 16.4. The van der Waals surface area contributed by atoms with Crippen molar-refractivity contribution < 1.29 is 4.79 Å². The van der Waals surface area contributed by atoms with Crippen LogP contribution in [0.15, 0.2) is 42.5 Å². The van der Waals surface area contributed by atoms with E-state index < -0.39 is 0 Å². The van der Waals surface area contributed by atoms with Crippen molar-refractivity contribution in [1.82, 2.24) is 10.2 Å². The van der Waals surface area contributed by atoms with Gasteiger partial charge >= 0.3 is 0 Å². The summed E-state index contributed by atoms with van der Waals surface area (Å²) in [4.78, 5) is 12.4. The number of amides is 1. The molecule has 1 N–H and O–H groups in total. The van der Waals surface area contributed by atoms with E-state index in [9.17, 15) is 4.79 Å². The van der Waals surface area contributed by atoms with Crippen molar-refractivity contribution in [3.8, 4) is 10.6 Å². The summed E-state index contributed by atoms with van der Waals surface area (Å²) in [7, 11) is 0. The predicted octanol–water partition coefficient (Wildman–Crippen LogP) is 4.73. The van der Waals surface area contributed by atoms with Crippen molar-refractivity contribution >= 4 is 34.0 Å². The number of halogens is 1. The van der Waals surface area contributed by atoms with E-state index in [1.54, 1.807) is 6.07 Å². The molecule has 1 aromatic heterocycles. The number of nitrogens with zero attached hydrogens (tertiary/aromatic N) is 2. The lowest BCUT2D eigenvalue weighted by Gasteiger charge is -2.06. The molecule has 6 heteroatoms. The first-order valence-electron chi connectivity index (χ1n) is 7.01. The summed E-state index contributed by atoms with van der Waals surface area (Å²) in [5.41, 5.74) is 3.41. The quantitative estimate of drug-likeness (QED) is 0.748. The molecule has 0 unspecified atom stereocenters. The molecule has 1 heterocycles. The van der Waals surface area contributed by atoms with Crippen LogP contribution in [0.25, 0.3) is 10.6 Å². The fourth-order valence-electron chi connectivity index (χ4n) is 2.25. The molecular weight excluding hydrogens is 330 g/mol. The minimum atomic E-state index is -0.278. The molecule has 4 nitrogen and oxygen atoms in total. The van der Waals surface area contributed by atoms with Crippen LogP contribution in [0.3, 0.4) is 0 Å². The van der Waals surface area contributed by atoms with Crippen molar-refractivity contribution in [1.29, 1.82) is 0 Å². The summed E-state index contributed by atoms with van der Waals surface area (Å²) in [6, 6.07) is 13.3. The molecule has 0 saturated carbocycles. The van der Waals surface area contributed by atoms with Crippen LogP contribution in [-0.2, 0) is 0 Å². The Labute approximate surface area is 143 Å². The van der Waals surface area contributed by atoms with Gasteiger partial charge in [-0.05, 0) is 31.5 Å². The number of rotatable bonds is 3. The van der Waals surface area contributed by atoms with E-state index in [1.807, 2.05) is 50.2 Å². The summed E-state index contributed by atoms with van der Waals surface area (Å²) in [5, 5.41) is 12.6. The lowest BCUT2D eigenvalue weighted by molar-refractivity contribution is 0.102. The van der Waals surface area contributed by atoms with Gasteiger partial charge in [0.25, 0.3) is 5.91 Å². The Hall–Kier alpha value is -2.24. The van der Waals surface area contributed by atoms with Gasteiger partial charge in [-0.1, -0.05) is 58.8 Å². The molecule has 0 saturated heterocycles. The largest absolute Gasteiger partial charge is 0.296 e. The molecule has 3 rings (SSSR count). The van der Waals surface area contributed by atoms with Crippen LogP contribution in [0, 0.1) is 13.8 Å². The van der Waals surface area contributed by atoms with Gasteiger partial charge in [0, 0.05) is 5.56 Å². The Kier molecular flexibility index (Phi) is 4.41. The highest BCUT2D eigenvalue weighted by Gasteiger charge is 2.15. The Balaban J connectivity index is 1.83. The number of hydrogen-bond donors (Lipinski definition) is 1. The van der Waals surface area contributed by atoms with Gasteiger partial charge in [-0.2, -0.15) is 0 Å². The molecule has 116 valence electrons. The van der Waals surface area contributed by atoms with Gasteiger partial charge in [0.2, 0.25) is 5.13 Å². The first-order chi connectivity index (χ1) is 11.0. The van der Waals surface area contributed by atoms with Gasteiger partial charge in [-0.25, -0.2) is 0 Å². The molecule has 2 aromatic carbocycles. The highest BCUT2D eigenvalue weighted by Crippen LogP contribution is 2.28. The van der Waals surface area contributed by atoms with Gasteiger partial charge in [-0.3, -0.25) is 10.1 Å². The third-order valence-corrected chi connectivity index (χ3v) is 4.56. The van der Waals surface area contributed by atoms with E-state index in [0.29, 0.717) is 15.7 Å². The van der Waals surface area contributed by atoms with Crippen molar-refractivity contribution in [3.63, 3.8) is 0 Å². The van der Waals surface area contributed by atoms with Crippen molar-refractivity contribution in [2.75, 3.05) is 5.32 Å². The Morgan fingerprint density at radius 1 is 1.13 bits per heavy atom. The van der Waals surface area contributed by atoms with E-state index >= 15 is 0 Å². The fourth-order valence-corrected chi connectivity index (χ4v) is 3.29. The van der Waals surface area contributed by atoms with Crippen LogP contribution in [-0.4, -0.2) is 16.1 Å². The molecule has 0 aliphatic carbocycles. The van der Waals surface area contributed by atoms with E-state index in [-0.39, 0.29) is 5.91 Å². The molecule has 0 fully saturated rings. The topological polar surface area (TPSA) is 54.9 Å². The minimum absolute atomic E-state index is 0.278. The van der Waals surface area contributed by atoms with Gasteiger partial charge in [0.1, 0.15) is 5.01 Å². The maximum absolute atomic E-state index is 12.4. The molecule has 0 spiro atoms. The lowest BCUT2D eigenvalue weighted by atomic mass is 10.1. The van der Waals surface area contributed by atoms with Crippen LogP contribution in [0.4, 0.5) is 5.13 Å². The zero-order valence-corrected chi connectivity index (χ0v) is 14.2. The smallest absolute Gasteiger partial charge is 0.259 e. The number of anilines is 1. The van der Waals surface area contributed by atoms with Crippen molar-refractivity contribution in [2.24, 2.45) is 0 Å². The zero-order valence-electron chi connectivity index (χ0n) is 12.6. The van der Waals surface area contributed by atoms with E-state index in [1.165, 1.54) is 11.3 Å². The molecule has 0 bridgehead atoms. The van der Waals surface area contributed by atoms with Crippen molar-refractivity contribution in [2.45, 2.75) is 13.8 Å². The first-order valence-corrected chi connectivity index (χ1v) is 8.21. The maximum atomic E-state index is 12.4. The number of nitrogens with one attached hydrogen (secondary N) is 1. The monoisotopic (exact) mass is 343 g/mol. The maximum Gasteiger partial charge on any atom is 0.259 e. The Bertz CT molecular complexity index is 856. The Morgan fingerprint density at radius 3 is 2.65 bits per heavy atom. The molecule has 0 aliphatic rings. The number of carbonyl (C=O) groups is 1. The summed E-state index contributed by atoms with van der Waals surface area (Å²) < 4.78 is 0. The average Bonchev–Trinajstić information content (AvgIpc) is 2.95. The van der Waals surface area contributed by atoms with Crippen LogP contribution < -0.4 is 5.32 Å². The molecule has 1 amide bonds. The molecule has 0 aliphatic heterocycles. The van der Waals surface area contributed by atoms with Gasteiger partial charge in [0.15, 0.2) is 0 Å². The van der Waals surface area contributed by atoms with Crippen LogP contribution in [0.1, 0.15) is 21.5 Å². The Morgan fingerprint density at radius 2 is 1.91 bits per heavy atom. The number of carbonyl (C=O) groups excluding carboxylic acids is 1. The van der Waals surface area contributed by atoms with Crippen LogP contribution in [0.2, 0.25) is 5.02 Å². The molecular formula is C17H14ClN3OS. The minimum Gasteiger partial charge on any atom is -0.296 e. The third kappa shape index (κ3) is 3.41. The average molecular weight is 344 g/mol. The standard InChI is InChI=1S/C17H14ClN3OS/c1-10-5-3-7-12(9-10)16-20-21-17(23-16)19-15(22)14-11(2)6-4-8-13(14)18/h3-9H,1-2H3,(H,19,21,22). The van der Waals surface area contributed by atoms with E-state index in [2.05, 4.69) is 15.5 Å². The molecule has 23 heavy (non-hydrogen) atoms. The molecule has 0 radical (unpaired) electrons. The number of aromatic nitrogens is 2. The van der Waals surface area contributed by atoms with Crippen LogP contribution >= 0.6 is 22.9 Å². The second kappa shape index (κ2) is 6.48. The summed E-state index contributed by atoms with van der Waals surface area (Å²) >= 11 is 7.45. The number of aryl methyl sites for hydroxylation is 2. The second-order valence-corrected chi connectivity index (χ2v) is 6.55. The lowest BCUT2D eigenvalue weighted by Crippen LogP contribution is -2.13. The van der Waals surface area contributed by atoms with Crippen molar-refractivity contribution in [3.05, 3.63) is 64.2 Å². The van der Waals surface area contributed by atoms with Gasteiger partial charge < -0.3 is 0 Å². The van der Waals surface area contributed by atoms with Gasteiger partial charge in [0.05, 0.1) is 10.6 Å². The fraction of sp³-hybridized carbons (Fsp3) is 0.118. The first kappa shape index (κ1) is 15.6. The summed E-state index contributed by atoms with van der Waals surface area (Å²) in [6.45, 7) is 3.87. The third-order valence-electron chi connectivity index (χ3n) is 3.36. The van der Waals surface area contributed by atoms with Gasteiger partial charge in [-0.15, -0.1) is 10.2 Å². The predicted molar refractivity (Wildman–Crippen MR) is 94.2 cm³/mol. The molecule has 3 aromatic rings. The number of benzene rings is 2. The summed E-state index contributed by atoms with van der Waals surface area (Å²) in [5.74, 6) is -0.278. The molecule has 0 atom stereocenters. The number of hydrogen-bond acceptors (Lipinski definition) is 4.